The maximum Gasteiger partial charge on any atom is 0.226 e. The molecule has 0 N–H and O–H groups in total. The third kappa shape index (κ3) is 3.61. The van der Waals surface area contributed by atoms with Crippen LogP contribution in [0.15, 0.2) is 93.8 Å². The summed E-state index contributed by atoms with van der Waals surface area (Å²) in [5.74, 6) is 0.967. The molecule has 0 saturated heterocycles. The van der Waals surface area contributed by atoms with Gasteiger partial charge in [-0.25, -0.2) is 4.98 Å². The Bertz CT molecular complexity index is 1720. The van der Waals surface area contributed by atoms with Gasteiger partial charge < -0.3 is 8.83 Å². The molecule has 7 rings (SSSR count). The van der Waals surface area contributed by atoms with Crippen LogP contribution < -0.4 is 0 Å². The van der Waals surface area contributed by atoms with Crippen LogP contribution in [0.4, 0.5) is 0 Å². The molecule has 0 unspecified atom stereocenters. The number of hydrogen-bond acceptors (Lipinski definition) is 5. The Labute approximate surface area is 206 Å². The largest absolute Gasteiger partial charge is 0.456 e. The molecule has 0 fully saturated rings. The third-order valence-electron chi connectivity index (χ3n) is 5.88. The first-order valence-electron chi connectivity index (χ1n) is 11.5. The van der Waals surface area contributed by atoms with Crippen molar-refractivity contribution in [2.24, 2.45) is 0 Å². The molecule has 5 nitrogen and oxygen atoms in total. The number of nitrogens with zero attached hydrogens (tertiary/aromatic N) is 3. The van der Waals surface area contributed by atoms with Crippen LogP contribution in [0.25, 0.3) is 66.7 Å². The van der Waals surface area contributed by atoms with Crippen molar-refractivity contribution in [3.63, 3.8) is 0 Å². The van der Waals surface area contributed by atoms with E-state index >= 15 is 0 Å². The zero-order valence-corrected chi connectivity index (χ0v) is 19.9. The molecule has 0 radical (unpaired) electrons. The lowest BCUT2D eigenvalue weighted by atomic mass is 10.1. The molecule has 6 heteroatoms. The summed E-state index contributed by atoms with van der Waals surface area (Å²) in [4.78, 5) is 13.4. The molecular formula is C29H20ClN3O2. The van der Waals surface area contributed by atoms with Crippen LogP contribution in [0.5, 0.6) is 0 Å². The van der Waals surface area contributed by atoms with E-state index in [4.69, 9.17) is 25.4 Å². The molecule has 7 aromatic rings. The Morgan fingerprint density at radius 3 is 1.43 bits per heavy atom. The average Bonchev–Trinajstić information content (AvgIpc) is 3.46. The van der Waals surface area contributed by atoms with Gasteiger partial charge >= 0.3 is 0 Å². The molecule has 35 heavy (non-hydrogen) atoms. The van der Waals surface area contributed by atoms with E-state index in [0.717, 1.165) is 55.0 Å². The van der Waals surface area contributed by atoms with Crippen LogP contribution in [-0.4, -0.2) is 15.0 Å². The van der Waals surface area contributed by atoms with Crippen molar-refractivity contribution in [1.29, 1.82) is 0 Å². The molecule has 0 amide bonds. The molecule has 0 atom stereocenters. The molecule has 0 aliphatic rings. The van der Waals surface area contributed by atoms with Crippen molar-refractivity contribution >= 4 is 55.5 Å². The van der Waals surface area contributed by atoms with E-state index in [2.05, 4.69) is 9.97 Å². The van der Waals surface area contributed by atoms with Crippen LogP contribution in [0.2, 0.25) is 5.28 Å². The topological polar surface area (TPSA) is 65.0 Å². The Morgan fingerprint density at radius 2 is 0.943 bits per heavy atom. The van der Waals surface area contributed by atoms with Gasteiger partial charge in [-0.1, -0.05) is 62.4 Å². The van der Waals surface area contributed by atoms with E-state index < -0.39 is 0 Å². The van der Waals surface area contributed by atoms with E-state index in [0.29, 0.717) is 11.6 Å². The third-order valence-corrected chi connectivity index (χ3v) is 6.05. The summed E-state index contributed by atoms with van der Waals surface area (Å²) in [6, 6.07) is 27.8. The highest BCUT2D eigenvalue weighted by Gasteiger charge is 2.14. The Hall–Kier alpha value is -4.22. The van der Waals surface area contributed by atoms with Crippen molar-refractivity contribution in [1.82, 2.24) is 15.0 Å². The van der Waals surface area contributed by atoms with Gasteiger partial charge in [-0.2, -0.15) is 9.97 Å². The summed E-state index contributed by atoms with van der Waals surface area (Å²) >= 11 is 6.31. The SMILES string of the molecule is CC.Clc1nc(-c2ccc3c(c2)oc2ccccc23)nc(-c2ccc3c(c2)oc2ccccc23)n1. The molecule has 0 aliphatic heterocycles. The molecule has 170 valence electrons. The van der Waals surface area contributed by atoms with Gasteiger partial charge in [0.2, 0.25) is 5.28 Å². The Kier molecular flexibility index (Phi) is 5.20. The molecule has 0 saturated carbocycles. The lowest BCUT2D eigenvalue weighted by molar-refractivity contribution is 0.668. The van der Waals surface area contributed by atoms with E-state index in [1.165, 1.54) is 0 Å². The summed E-state index contributed by atoms with van der Waals surface area (Å²) < 4.78 is 12.0. The number of benzene rings is 4. The van der Waals surface area contributed by atoms with Crippen molar-refractivity contribution in [2.75, 3.05) is 0 Å². The highest BCUT2D eigenvalue weighted by molar-refractivity contribution is 6.28. The Morgan fingerprint density at radius 1 is 0.514 bits per heavy atom. The standard InChI is InChI=1S/C27H14ClN3O2.C2H6/c28-27-30-25(15-9-11-19-17-5-1-3-7-21(17)32-23(19)13-15)29-26(31-27)16-10-12-20-18-6-2-4-8-22(18)33-24(20)14-16;1-2/h1-14H;1-2H3. The van der Waals surface area contributed by atoms with E-state index in [1.54, 1.807) is 0 Å². The quantitative estimate of drug-likeness (QED) is 0.249. The fourth-order valence-electron chi connectivity index (χ4n) is 4.34. The van der Waals surface area contributed by atoms with Gasteiger partial charge in [-0.15, -0.1) is 0 Å². The van der Waals surface area contributed by atoms with Crippen molar-refractivity contribution in [3.8, 4) is 22.8 Å². The summed E-state index contributed by atoms with van der Waals surface area (Å²) in [5, 5.41) is 4.37. The average molecular weight is 478 g/mol. The second-order valence-corrected chi connectivity index (χ2v) is 8.21. The van der Waals surface area contributed by atoms with Gasteiger partial charge in [0.15, 0.2) is 11.6 Å². The maximum atomic E-state index is 6.31. The van der Waals surface area contributed by atoms with Gasteiger partial charge in [0, 0.05) is 32.7 Å². The minimum absolute atomic E-state index is 0.129. The van der Waals surface area contributed by atoms with E-state index in [-0.39, 0.29) is 5.28 Å². The monoisotopic (exact) mass is 477 g/mol. The highest BCUT2D eigenvalue weighted by Crippen LogP contribution is 2.33. The predicted molar refractivity (Wildman–Crippen MR) is 142 cm³/mol. The molecule has 0 spiro atoms. The van der Waals surface area contributed by atoms with Gasteiger partial charge in [0.25, 0.3) is 0 Å². The predicted octanol–water partition coefficient (Wildman–Crippen LogP) is 8.68. The number of para-hydroxylation sites is 2. The van der Waals surface area contributed by atoms with E-state index in [1.807, 2.05) is 98.8 Å². The molecule has 3 aromatic heterocycles. The lowest BCUT2D eigenvalue weighted by Crippen LogP contribution is -1.97. The maximum absolute atomic E-state index is 6.31. The Balaban J connectivity index is 0.00000112. The molecule has 4 aromatic carbocycles. The first kappa shape index (κ1) is 21.3. The van der Waals surface area contributed by atoms with Gasteiger partial charge in [-0.05, 0) is 48.0 Å². The minimum atomic E-state index is 0.129. The molecule has 3 heterocycles. The molecular weight excluding hydrogens is 458 g/mol. The highest BCUT2D eigenvalue weighted by atomic mass is 35.5. The van der Waals surface area contributed by atoms with Crippen molar-refractivity contribution < 1.29 is 8.83 Å². The number of hydrogen-bond donors (Lipinski definition) is 0. The first-order valence-corrected chi connectivity index (χ1v) is 11.9. The number of furan rings is 2. The van der Waals surface area contributed by atoms with Crippen molar-refractivity contribution in [3.05, 3.63) is 90.2 Å². The molecule has 0 aliphatic carbocycles. The number of fused-ring (bicyclic) bond motifs is 6. The zero-order valence-electron chi connectivity index (χ0n) is 19.1. The zero-order chi connectivity index (χ0) is 23.9. The number of halogens is 1. The van der Waals surface area contributed by atoms with Gasteiger partial charge in [0.1, 0.15) is 22.3 Å². The number of aromatic nitrogens is 3. The van der Waals surface area contributed by atoms with Crippen LogP contribution in [0, 0.1) is 0 Å². The smallest absolute Gasteiger partial charge is 0.226 e. The van der Waals surface area contributed by atoms with Gasteiger partial charge in [-0.3, -0.25) is 0 Å². The van der Waals surface area contributed by atoms with Crippen LogP contribution in [-0.2, 0) is 0 Å². The number of rotatable bonds is 2. The summed E-state index contributed by atoms with van der Waals surface area (Å²) in [5.41, 5.74) is 4.84. The second-order valence-electron chi connectivity index (χ2n) is 7.87. The fourth-order valence-corrected chi connectivity index (χ4v) is 4.50. The van der Waals surface area contributed by atoms with Gasteiger partial charge in [0.05, 0.1) is 0 Å². The second kappa shape index (κ2) is 8.53. The van der Waals surface area contributed by atoms with Crippen LogP contribution in [0.3, 0.4) is 0 Å². The summed E-state index contributed by atoms with van der Waals surface area (Å²) in [7, 11) is 0. The first-order chi connectivity index (χ1) is 17.2. The van der Waals surface area contributed by atoms with Crippen LogP contribution in [0.1, 0.15) is 13.8 Å². The lowest BCUT2D eigenvalue weighted by Gasteiger charge is -2.05. The fraction of sp³-hybridized carbons (Fsp3) is 0.0690. The van der Waals surface area contributed by atoms with Crippen molar-refractivity contribution in [2.45, 2.75) is 13.8 Å². The van der Waals surface area contributed by atoms with E-state index in [9.17, 15) is 0 Å². The molecule has 0 bridgehead atoms. The summed E-state index contributed by atoms with van der Waals surface area (Å²) in [6.45, 7) is 4.00. The van der Waals surface area contributed by atoms with Crippen LogP contribution >= 0.6 is 11.6 Å². The minimum Gasteiger partial charge on any atom is -0.456 e. The normalized spacial score (nSPS) is 11.3. The summed E-state index contributed by atoms with van der Waals surface area (Å²) in [6.07, 6.45) is 0.